The predicted octanol–water partition coefficient (Wildman–Crippen LogP) is 0.200. The molecule has 0 aromatic heterocycles. The number of Topliss-reactive ketones (excluding diaryl/α,β-unsaturated/α-hetero) is 1. The van der Waals surface area contributed by atoms with Crippen LogP contribution < -0.4 is 10.2 Å². The van der Waals surface area contributed by atoms with Gasteiger partial charge in [-0.25, -0.2) is 0 Å². The highest BCUT2D eigenvalue weighted by Gasteiger charge is 2.29. The molecule has 2 aliphatic rings. The van der Waals surface area contributed by atoms with Gasteiger partial charge in [-0.1, -0.05) is 18.2 Å². The number of piperazine rings is 1. The topological polar surface area (TPSA) is 79.0 Å². The highest BCUT2D eigenvalue weighted by Crippen LogP contribution is 2.15. The lowest BCUT2D eigenvalue weighted by Crippen LogP contribution is -2.52. The van der Waals surface area contributed by atoms with Crippen LogP contribution in [0.1, 0.15) is 12.8 Å². The Bertz CT molecular complexity index is 620. The minimum Gasteiger partial charge on any atom is -0.370 e. The van der Waals surface area contributed by atoms with Crippen molar-refractivity contribution >= 4 is 23.3 Å². The Labute approximate surface area is 146 Å². The highest BCUT2D eigenvalue weighted by atomic mass is 16.5. The number of hydrogen-bond acceptors (Lipinski definition) is 5. The van der Waals surface area contributed by atoms with Crippen molar-refractivity contribution < 1.29 is 19.1 Å². The second-order valence-corrected chi connectivity index (χ2v) is 6.25. The Morgan fingerprint density at radius 3 is 2.44 bits per heavy atom. The Hall–Kier alpha value is -2.41. The number of anilines is 1. The van der Waals surface area contributed by atoms with Crippen LogP contribution in [0.5, 0.6) is 0 Å². The summed E-state index contributed by atoms with van der Waals surface area (Å²) in [5, 5.41) is 2.43. The van der Waals surface area contributed by atoms with Gasteiger partial charge in [0.2, 0.25) is 11.7 Å². The van der Waals surface area contributed by atoms with Crippen LogP contribution in [0.4, 0.5) is 5.69 Å². The van der Waals surface area contributed by atoms with E-state index in [0.29, 0.717) is 26.1 Å². The number of ether oxygens (including phenoxy) is 1. The van der Waals surface area contributed by atoms with E-state index in [0.717, 1.165) is 25.2 Å². The first kappa shape index (κ1) is 17.4. The number of ketones is 1. The molecule has 1 N–H and O–H groups in total. The first-order valence-electron chi connectivity index (χ1n) is 8.66. The van der Waals surface area contributed by atoms with Gasteiger partial charge >= 0.3 is 0 Å². The number of nitrogens with zero attached hydrogens (tertiary/aromatic N) is 2. The van der Waals surface area contributed by atoms with Gasteiger partial charge in [0, 0.05) is 38.5 Å². The van der Waals surface area contributed by atoms with Gasteiger partial charge in [0.15, 0.2) is 0 Å². The van der Waals surface area contributed by atoms with E-state index in [1.807, 2.05) is 18.2 Å². The molecule has 2 fully saturated rings. The van der Waals surface area contributed by atoms with Gasteiger partial charge in [-0.15, -0.1) is 0 Å². The molecule has 7 nitrogen and oxygen atoms in total. The summed E-state index contributed by atoms with van der Waals surface area (Å²) < 4.78 is 5.20. The second-order valence-electron chi connectivity index (χ2n) is 6.25. The van der Waals surface area contributed by atoms with Crippen LogP contribution in [0, 0.1) is 0 Å². The van der Waals surface area contributed by atoms with E-state index in [-0.39, 0.29) is 12.5 Å². The van der Waals surface area contributed by atoms with E-state index >= 15 is 0 Å². The fraction of sp³-hybridized carbons (Fsp3) is 0.500. The molecule has 7 heteroatoms. The number of rotatable bonds is 5. The standard InChI is InChI=1S/C18H23N3O4/c22-16(13-19-18(24)17(23)15-7-4-12-25-15)21-10-8-20(9-11-21)14-5-2-1-3-6-14/h1-3,5-6,15H,4,7-13H2,(H,19,24). The van der Waals surface area contributed by atoms with Crippen LogP contribution in [0.3, 0.4) is 0 Å². The molecule has 2 saturated heterocycles. The summed E-state index contributed by atoms with van der Waals surface area (Å²) in [5.74, 6) is -1.48. The second kappa shape index (κ2) is 8.11. The first-order chi connectivity index (χ1) is 12.1. The average molecular weight is 345 g/mol. The van der Waals surface area contributed by atoms with Gasteiger partial charge in [-0.3, -0.25) is 14.4 Å². The van der Waals surface area contributed by atoms with Gasteiger partial charge in [0.05, 0.1) is 6.54 Å². The monoisotopic (exact) mass is 345 g/mol. The van der Waals surface area contributed by atoms with Crippen LogP contribution in [0.25, 0.3) is 0 Å². The van der Waals surface area contributed by atoms with Crippen molar-refractivity contribution in [3.63, 3.8) is 0 Å². The average Bonchev–Trinajstić information content (AvgIpc) is 3.21. The molecule has 1 aromatic carbocycles. The van der Waals surface area contributed by atoms with E-state index < -0.39 is 17.8 Å². The van der Waals surface area contributed by atoms with Crippen molar-refractivity contribution in [2.45, 2.75) is 18.9 Å². The molecule has 2 heterocycles. The third kappa shape index (κ3) is 4.36. The smallest absolute Gasteiger partial charge is 0.290 e. The minimum absolute atomic E-state index is 0.150. The Morgan fingerprint density at radius 1 is 1.08 bits per heavy atom. The van der Waals surface area contributed by atoms with Crippen molar-refractivity contribution in [3.05, 3.63) is 30.3 Å². The number of para-hydroxylation sites is 1. The summed E-state index contributed by atoms with van der Waals surface area (Å²) >= 11 is 0. The molecule has 2 aliphatic heterocycles. The van der Waals surface area contributed by atoms with E-state index in [9.17, 15) is 14.4 Å². The summed E-state index contributed by atoms with van der Waals surface area (Å²) in [6.07, 6.45) is 0.709. The molecule has 2 amide bonds. The van der Waals surface area contributed by atoms with Gasteiger partial charge in [0.25, 0.3) is 5.91 Å². The van der Waals surface area contributed by atoms with E-state index in [1.54, 1.807) is 4.90 Å². The molecule has 25 heavy (non-hydrogen) atoms. The number of hydrogen-bond donors (Lipinski definition) is 1. The zero-order valence-corrected chi connectivity index (χ0v) is 14.1. The summed E-state index contributed by atoms with van der Waals surface area (Å²) in [5.41, 5.74) is 1.14. The molecule has 0 saturated carbocycles. The van der Waals surface area contributed by atoms with Crippen molar-refractivity contribution in [1.29, 1.82) is 0 Å². The van der Waals surface area contributed by atoms with Gasteiger partial charge in [-0.2, -0.15) is 0 Å². The molecular weight excluding hydrogens is 322 g/mol. The van der Waals surface area contributed by atoms with Gasteiger partial charge < -0.3 is 19.9 Å². The van der Waals surface area contributed by atoms with Gasteiger partial charge in [0.1, 0.15) is 6.10 Å². The van der Waals surface area contributed by atoms with Crippen molar-refractivity contribution in [2.75, 3.05) is 44.2 Å². The Balaban J connectivity index is 1.42. The quantitative estimate of drug-likeness (QED) is 0.772. The largest absolute Gasteiger partial charge is 0.370 e. The molecule has 0 radical (unpaired) electrons. The third-order valence-corrected chi connectivity index (χ3v) is 4.60. The van der Waals surface area contributed by atoms with Crippen molar-refractivity contribution in [1.82, 2.24) is 10.2 Å². The maximum Gasteiger partial charge on any atom is 0.290 e. The van der Waals surface area contributed by atoms with Gasteiger partial charge in [-0.05, 0) is 25.0 Å². The molecule has 1 atom stereocenters. The number of amides is 2. The zero-order chi connectivity index (χ0) is 17.6. The van der Waals surface area contributed by atoms with Crippen LogP contribution >= 0.6 is 0 Å². The molecule has 0 spiro atoms. The van der Waals surface area contributed by atoms with Crippen LogP contribution in [0.2, 0.25) is 0 Å². The lowest BCUT2D eigenvalue weighted by atomic mass is 10.1. The normalized spacial score (nSPS) is 20.4. The molecule has 1 aromatic rings. The number of nitrogens with one attached hydrogen (secondary N) is 1. The fourth-order valence-corrected chi connectivity index (χ4v) is 3.14. The highest BCUT2D eigenvalue weighted by molar-refractivity contribution is 6.38. The lowest BCUT2D eigenvalue weighted by molar-refractivity contribution is -0.144. The molecular formula is C18H23N3O4. The SMILES string of the molecule is O=C(NCC(=O)N1CCN(c2ccccc2)CC1)C(=O)C1CCCO1. The Kier molecular flexibility index (Phi) is 5.65. The van der Waals surface area contributed by atoms with Crippen LogP contribution in [-0.4, -0.2) is 67.9 Å². The van der Waals surface area contributed by atoms with Crippen molar-refractivity contribution in [3.8, 4) is 0 Å². The van der Waals surface area contributed by atoms with Crippen LogP contribution in [0.15, 0.2) is 30.3 Å². The molecule has 0 bridgehead atoms. The molecule has 134 valence electrons. The number of carbonyl (C=O) groups is 3. The van der Waals surface area contributed by atoms with Crippen molar-refractivity contribution in [2.24, 2.45) is 0 Å². The van der Waals surface area contributed by atoms with E-state index in [2.05, 4.69) is 22.3 Å². The van der Waals surface area contributed by atoms with Crippen LogP contribution in [-0.2, 0) is 19.1 Å². The lowest BCUT2D eigenvalue weighted by Gasteiger charge is -2.36. The summed E-state index contributed by atoms with van der Waals surface area (Å²) in [4.78, 5) is 39.9. The molecule has 3 rings (SSSR count). The number of benzene rings is 1. The predicted molar refractivity (Wildman–Crippen MR) is 92.2 cm³/mol. The summed E-state index contributed by atoms with van der Waals surface area (Å²) in [7, 11) is 0. The maximum atomic E-state index is 12.2. The maximum absolute atomic E-state index is 12.2. The van der Waals surface area contributed by atoms with E-state index in [4.69, 9.17) is 4.74 Å². The zero-order valence-electron chi connectivity index (χ0n) is 14.1. The Morgan fingerprint density at radius 2 is 1.80 bits per heavy atom. The summed E-state index contributed by atoms with van der Waals surface area (Å²) in [6.45, 7) is 3.06. The fourth-order valence-electron chi connectivity index (χ4n) is 3.14. The third-order valence-electron chi connectivity index (χ3n) is 4.60. The van der Waals surface area contributed by atoms with E-state index in [1.165, 1.54) is 0 Å². The molecule has 1 unspecified atom stereocenters. The molecule has 0 aliphatic carbocycles. The summed E-state index contributed by atoms with van der Waals surface area (Å²) in [6, 6.07) is 10.1. The minimum atomic E-state index is -0.733. The first-order valence-corrected chi connectivity index (χ1v) is 8.66. The number of carbonyl (C=O) groups excluding carboxylic acids is 3.